The molecule has 4 aromatic rings. The molecule has 1 unspecified atom stereocenters. The summed E-state index contributed by atoms with van der Waals surface area (Å²) in [5, 5.41) is 15.3. The molecule has 6 nitrogen and oxygen atoms in total. The van der Waals surface area contributed by atoms with Crippen molar-refractivity contribution in [2.24, 2.45) is 0 Å². The first-order chi connectivity index (χ1) is 15.0. The van der Waals surface area contributed by atoms with Crippen LogP contribution in [0.4, 0.5) is 10.1 Å². The van der Waals surface area contributed by atoms with Crippen LogP contribution >= 0.6 is 27.3 Å². The van der Waals surface area contributed by atoms with E-state index in [4.69, 9.17) is 0 Å². The highest BCUT2D eigenvalue weighted by Gasteiger charge is 2.32. The lowest BCUT2D eigenvalue weighted by molar-refractivity contribution is 0.210. The number of hydrogen-bond acceptors (Lipinski definition) is 6. The third kappa shape index (κ3) is 3.81. The van der Waals surface area contributed by atoms with Crippen molar-refractivity contribution in [1.82, 2.24) is 19.5 Å². The zero-order valence-electron chi connectivity index (χ0n) is 16.9. The fourth-order valence-corrected chi connectivity index (χ4v) is 5.74. The largest absolute Gasteiger partial charge is 0.492 e. The van der Waals surface area contributed by atoms with Crippen LogP contribution in [0.1, 0.15) is 22.3 Å². The zero-order valence-corrected chi connectivity index (χ0v) is 19.3. The molecule has 31 heavy (non-hydrogen) atoms. The van der Waals surface area contributed by atoms with Gasteiger partial charge in [-0.05, 0) is 36.8 Å². The minimum atomic E-state index is -0.196. The summed E-state index contributed by atoms with van der Waals surface area (Å²) in [6.07, 6.45) is 0. The Morgan fingerprint density at radius 2 is 1.87 bits per heavy atom. The van der Waals surface area contributed by atoms with Crippen molar-refractivity contribution in [2.45, 2.75) is 13.0 Å². The average molecular weight is 502 g/mol. The molecule has 0 saturated carbocycles. The summed E-state index contributed by atoms with van der Waals surface area (Å²) in [6, 6.07) is 14.9. The van der Waals surface area contributed by atoms with Crippen molar-refractivity contribution in [2.75, 3.05) is 31.1 Å². The molecule has 1 aliphatic heterocycles. The van der Waals surface area contributed by atoms with Gasteiger partial charge in [-0.3, -0.25) is 4.90 Å². The molecule has 1 aliphatic rings. The van der Waals surface area contributed by atoms with Gasteiger partial charge in [0.15, 0.2) is 0 Å². The lowest BCUT2D eigenvalue weighted by Gasteiger charge is -2.40. The van der Waals surface area contributed by atoms with Gasteiger partial charge >= 0.3 is 0 Å². The van der Waals surface area contributed by atoms with E-state index in [9.17, 15) is 9.50 Å². The van der Waals surface area contributed by atoms with Crippen molar-refractivity contribution < 1.29 is 9.50 Å². The molecular weight excluding hydrogens is 481 g/mol. The Kier molecular flexibility index (Phi) is 5.41. The lowest BCUT2D eigenvalue weighted by Crippen LogP contribution is -2.48. The van der Waals surface area contributed by atoms with Crippen LogP contribution in [0.5, 0.6) is 5.88 Å². The van der Waals surface area contributed by atoms with Crippen LogP contribution in [0.2, 0.25) is 0 Å². The Hall–Kier alpha value is -2.49. The second-order valence-corrected chi connectivity index (χ2v) is 9.50. The first-order valence-corrected chi connectivity index (χ1v) is 11.7. The summed E-state index contributed by atoms with van der Waals surface area (Å²) in [5.74, 6) is 0.561. The topological polar surface area (TPSA) is 56.9 Å². The third-order valence-corrected chi connectivity index (χ3v) is 7.16. The smallest absolute Gasteiger partial charge is 0.230 e. The molecule has 0 radical (unpaired) electrons. The number of benzene rings is 2. The number of rotatable bonds is 4. The SMILES string of the molecule is Cc1nc2sc(C(c3cccc(Br)c3)N3CCN(c4ccccc4F)CC3)c(O)n2n1. The van der Waals surface area contributed by atoms with Crippen molar-refractivity contribution >= 4 is 37.9 Å². The molecule has 160 valence electrons. The molecular formula is C22H21BrFN5OS. The second kappa shape index (κ2) is 8.22. The third-order valence-electron chi connectivity index (χ3n) is 5.59. The van der Waals surface area contributed by atoms with Crippen LogP contribution in [0.3, 0.4) is 0 Å². The highest BCUT2D eigenvalue weighted by Crippen LogP contribution is 2.41. The van der Waals surface area contributed by atoms with E-state index in [1.54, 1.807) is 6.07 Å². The predicted molar refractivity (Wildman–Crippen MR) is 123 cm³/mol. The molecule has 5 rings (SSSR count). The highest BCUT2D eigenvalue weighted by atomic mass is 79.9. The van der Waals surface area contributed by atoms with Crippen LogP contribution in [-0.2, 0) is 0 Å². The van der Waals surface area contributed by atoms with Gasteiger partial charge in [-0.1, -0.05) is 51.5 Å². The average Bonchev–Trinajstić information content (AvgIpc) is 3.27. The Morgan fingerprint density at radius 3 is 2.58 bits per heavy atom. The van der Waals surface area contributed by atoms with Gasteiger partial charge in [-0.15, -0.1) is 5.10 Å². The molecule has 1 saturated heterocycles. The van der Waals surface area contributed by atoms with Gasteiger partial charge in [0.05, 0.1) is 16.6 Å². The van der Waals surface area contributed by atoms with Gasteiger partial charge < -0.3 is 10.0 Å². The molecule has 1 fully saturated rings. The van der Waals surface area contributed by atoms with Gasteiger partial charge in [0.25, 0.3) is 0 Å². The summed E-state index contributed by atoms with van der Waals surface area (Å²) in [6.45, 7) is 4.68. The van der Waals surface area contributed by atoms with Gasteiger partial charge in [-0.2, -0.15) is 4.52 Å². The summed E-state index contributed by atoms with van der Waals surface area (Å²) >= 11 is 5.03. The molecule has 2 aromatic heterocycles. The van der Waals surface area contributed by atoms with Crippen LogP contribution in [0.25, 0.3) is 4.96 Å². The Labute approximate surface area is 191 Å². The Balaban J connectivity index is 1.49. The van der Waals surface area contributed by atoms with E-state index in [1.165, 1.54) is 21.9 Å². The van der Waals surface area contributed by atoms with E-state index in [0.717, 1.165) is 28.0 Å². The number of aromatic nitrogens is 3. The maximum atomic E-state index is 14.3. The fourth-order valence-electron chi connectivity index (χ4n) is 4.16. The molecule has 0 amide bonds. The maximum Gasteiger partial charge on any atom is 0.230 e. The maximum absolute atomic E-state index is 14.3. The van der Waals surface area contributed by atoms with Gasteiger partial charge in [0.2, 0.25) is 10.8 Å². The number of thiazole rings is 1. The Bertz CT molecular complexity index is 1230. The highest BCUT2D eigenvalue weighted by molar-refractivity contribution is 9.10. The van der Waals surface area contributed by atoms with Gasteiger partial charge in [0.1, 0.15) is 11.6 Å². The summed E-state index contributed by atoms with van der Waals surface area (Å²) in [5.41, 5.74) is 1.71. The number of fused-ring (bicyclic) bond motifs is 1. The minimum absolute atomic E-state index is 0.127. The van der Waals surface area contributed by atoms with E-state index in [1.807, 2.05) is 31.2 Å². The fraction of sp³-hybridized carbons (Fsp3) is 0.273. The van der Waals surface area contributed by atoms with E-state index in [2.05, 4.69) is 47.9 Å². The predicted octanol–water partition coefficient (Wildman–Crippen LogP) is 4.62. The molecule has 3 heterocycles. The first kappa shape index (κ1) is 20.4. The summed E-state index contributed by atoms with van der Waals surface area (Å²) in [7, 11) is 0. The quantitative estimate of drug-likeness (QED) is 0.442. The summed E-state index contributed by atoms with van der Waals surface area (Å²) < 4.78 is 16.8. The number of aryl methyl sites for hydroxylation is 1. The number of nitrogens with zero attached hydrogens (tertiary/aromatic N) is 5. The van der Waals surface area contributed by atoms with E-state index in [-0.39, 0.29) is 17.7 Å². The number of piperazine rings is 1. The molecule has 0 spiro atoms. The van der Waals surface area contributed by atoms with Crippen LogP contribution in [-0.4, -0.2) is 50.8 Å². The number of para-hydroxylation sites is 1. The van der Waals surface area contributed by atoms with E-state index < -0.39 is 0 Å². The van der Waals surface area contributed by atoms with Crippen LogP contribution in [0.15, 0.2) is 53.0 Å². The normalized spacial score (nSPS) is 16.2. The molecule has 0 bridgehead atoms. The van der Waals surface area contributed by atoms with E-state index in [0.29, 0.717) is 29.6 Å². The minimum Gasteiger partial charge on any atom is -0.492 e. The monoisotopic (exact) mass is 501 g/mol. The number of hydrogen-bond donors (Lipinski definition) is 1. The standard InChI is InChI=1S/C22H21BrFN5OS/c1-14-25-22-29(26-14)21(30)20(31-22)19(15-5-4-6-16(23)13-15)28-11-9-27(10-12-28)18-8-3-2-7-17(18)24/h2-8,13,19,30H,9-12H2,1H3. The molecule has 1 N–H and O–H groups in total. The first-order valence-electron chi connectivity index (χ1n) is 10.1. The number of anilines is 1. The molecule has 2 aromatic carbocycles. The number of aromatic hydroxyl groups is 1. The van der Waals surface area contributed by atoms with Gasteiger partial charge in [-0.25, -0.2) is 9.37 Å². The van der Waals surface area contributed by atoms with Crippen molar-refractivity contribution in [1.29, 1.82) is 0 Å². The van der Waals surface area contributed by atoms with Crippen molar-refractivity contribution in [3.05, 3.63) is 75.1 Å². The molecule has 0 aliphatic carbocycles. The Morgan fingerprint density at radius 1 is 1.10 bits per heavy atom. The van der Waals surface area contributed by atoms with Crippen LogP contribution in [0, 0.1) is 12.7 Å². The number of halogens is 2. The lowest BCUT2D eigenvalue weighted by atomic mass is 10.0. The molecule has 9 heteroatoms. The van der Waals surface area contributed by atoms with Crippen LogP contribution < -0.4 is 4.90 Å². The van der Waals surface area contributed by atoms with Crippen molar-refractivity contribution in [3.63, 3.8) is 0 Å². The van der Waals surface area contributed by atoms with Gasteiger partial charge in [0, 0.05) is 30.7 Å². The van der Waals surface area contributed by atoms with Crippen molar-refractivity contribution in [3.8, 4) is 5.88 Å². The zero-order chi connectivity index (χ0) is 21.5. The summed E-state index contributed by atoms with van der Waals surface area (Å²) in [4.78, 5) is 10.3. The van der Waals surface area contributed by atoms with E-state index >= 15 is 0 Å². The molecule has 1 atom stereocenters. The second-order valence-electron chi connectivity index (χ2n) is 7.58.